The van der Waals surface area contributed by atoms with E-state index >= 15 is 0 Å². The van der Waals surface area contributed by atoms with Crippen LogP contribution in [0.5, 0.6) is 0 Å². The van der Waals surface area contributed by atoms with Gasteiger partial charge in [-0.05, 0) is 48.3 Å². The first-order valence-electron chi connectivity index (χ1n) is 7.35. The number of aliphatic hydroxyl groups is 1. The highest BCUT2D eigenvalue weighted by Gasteiger charge is 2.40. The number of benzene rings is 1. The molecule has 1 aliphatic carbocycles. The van der Waals surface area contributed by atoms with Crippen LogP contribution in [0.15, 0.2) is 18.2 Å². The topological polar surface area (TPSA) is 56.0 Å². The third-order valence-electron chi connectivity index (χ3n) is 4.23. The number of hydrogen-bond donors (Lipinski definition) is 2. The molecule has 0 radical (unpaired) electrons. The lowest BCUT2D eigenvalue weighted by Crippen LogP contribution is -2.42. The quantitative estimate of drug-likeness (QED) is 0.892. The maximum absolute atomic E-state index is 13.6. The molecule has 4 heteroatoms. The zero-order valence-corrected chi connectivity index (χ0v) is 12.9. The Labute approximate surface area is 125 Å². The van der Waals surface area contributed by atoms with E-state index in [1.807, 2.05) is 6.07 Å². The minimum absolute atomic E-state index is 0.0223. The molecule has 1 aromatic carbocycles. The molecule has 0 amide bonds. The molecule has 1 saturated carbocycles. The fraction of sp³-hybridized carbons (Fsp3) is 0.588. The Morgan fingerprint density at radius 3 is 2.67 bits per heavy atom. The second-order valence-electron chi connectivity index (χ2n) is 7.37. The minimum atomic E-state index is -0.503. The highest BCUT2D eigenvalue weighted by molar-refractivity contribution is 5.48. The van der Waals surface area contributed by atoms with Crippen molar-refractivity contribution in [2.24, 2.45) is 10.8 Å². The second-order valence-corrected chi connectivity index (χ2v) is 7.37. The van der Waals surface area contributed by atoms with E-state index in [0.717, 1.165) is 19.3 Å². The van der Waals surface area contributed by atoms with Crippen molar-refractivity contribution in [1.82, 2.24) is 0 Å². The molecule has 1 fully saturated rings. The van der Waals surface area contributed by atoms with E-state index in [4.69, 9.17) is 5.26 Å². The Balaban J connectivity index is 2.05. The summed E-state index contributed by atoms with van der Waals surface area (Å²) in [5.41, 5.74) is 0.821. The van der Waals surface area contributed by atoms with Crippen molar-refractivity contribution < 1.29 is 9.50 Å². The van der Waals surface area contributed by atoms with Gasteiger partial charge in [0.2, 0.25) is 0 Å². The Morgan fingerprint density at radius 1 is 1.38 bits per heavy atom. The van der Waals surface area contributed by atoms with E-state index in [2.05, 4.69) is 26.1 Å². The summed E-state index contributed by atoms with van der Waals surface area (Å²) >= 11 is 0. The van der Waals surface area contributed by atoms with Gasteiger partial charge in [0, 0.05) is 12.2 Å². The number of anilines is 1. The van der Waals surface area contributed by atoms with Crippen LogP contribution >= 0.6 is 0 Å². The van der Waals surface area contributed by atoms with Gasteiger partial charge in [0.1, 0.15) is 11.9 Å². The van der Waals surface area contributed by atoms with Gasteiger partial charge in [0.15, 0.2) is 0 Å². The Bertz CT molecular complexity index is 564. The van der Waals surface area contributed by atoms with Crippen LogP contribution in [0.2, 0.25) is 0 Å². The van der Waals surface area contributed by atoms with Gasteiger partial charge < -0.3 is 10.4 Å². The van der Waals surface area contributed by atoms with Gasteiger partial charge in [0.25, 0.3) is 0 Å². The number of rotatable bonds is 3. The number of halogens is 1. The molecule has 2 unspecified atom stereocenters. The highest BCUT2D eigenvalue weighted by atomic mass is 19.1. The van der Waals surface area contributed by atoms with Gasteiger partial charge in [-0.3, -0.25) is 0 Å². The molecule has 0 bridgehead atoms. The van der Waals surface area contributed by atoms with E-state index in [1.165, 1.54) is 12.1 Å². The average molecular weight is 290 g/mol. The molecule has 0 aromatic heterocycles. The molecule has 0 aliphatic heterocycles. The van der Waals surface area contributed by atoms with Crippen LogP contribution < -0.4 is 5.32 Å². The lowest BCUT2D eigenvalue weighted by molar-refractivity contribution is -0.00317. The van der Waals surface area contributed by atoms with Crippen molar-refractivity contribution in [1.29, 1.82) is 5.26 Å². The molecule has 3 nitrogen and oxygen atoms in total. The Kier molecular flexibility index (Phi) is 4.25. The molecule has 2 N–H and O–H groups in total. The van der Waals surface area contributed by atoms with Crippen LogP contribution in [0.3, 0.4) is 0 Å². The highest BCUT2D eigenvalue weighted by Crippen LogP contribution is 2.46. The zero-order chi connectivity index (χ0) is 15.7. The summed E-state index contributed by atoms with van der Waals surface area (Å²) < 4.78 is 13.6. The molecule has 0 heterocycles. The molecule has 0 spiro atoms. The SMILES string of the molecule is CC1(C)CC(O)CC(C)(CNc2ccc(C#N)c(F)c2)C1. The number of aliphatic hydroxyl groups excluding tert-OH is 1. The summed E-state index contributed by atoms with van der Waals surface area (Å²) in [6.07, 6.45) is 2.32. The summed E-state index contributed by atoms with van der Waals surface area (Å²) in [4.78, 5) is 0. The molecule has 1 aliphatic rings. The van der Waals surface area contributed by atoms with Gasteiger partial charge in [-0.15, -0.1) is 0 Å². The van der Waals surface area contributed by atoms with Crippen molar-refractivity contribution in [3.8, 4) is 6.07 Å². The van der Waals surface area contributed by atoms with Crippen LogP contribution in [0.1, 0.15) is 45.6 Å². The largest absolute Gasteiger partial charge is 0.393 e. The third-order valence-corrected chi connectivity index (χ3v) is 4.23. The maximum atomic E-state index is 13.6. The fourth-order valence-electron chi connectivity index (χ4n) is 3.74. The molecule has 21 heavy (non-hydrogen) atoms. The third kappa shape index (κ3) is 3.95. The lowest BCUT2D eigenvalue weighted by atomic mass is 9.63. The minimum Gasteiger partial charge on any atom is -0.393 e. The number of nitriles is 1. The van der Waals surface area contributed by atoms with Crippen LogP contribution in [0, 0.1) is 28.0 Å². The molecule has 1 aromatic rings. The summed E-state index contributed by atoms with van der Waals surface area (Å²) in [5.74, 6) is -0.503. The maximum Gasteiger partial charge on any atom is 0.143 e. The van der Waals surface area contributed by atoms with Crippen molar-refractivity contribution in [2.75, 3.05) is 11.9 Å². The smallest absolute Gasteiger partial charge is 0.143 e. The second kappa shape index (κ2) is 5.65. The standard InChI is InChI=1S/C17H23FN2O/c1-16(2)7-14(21)8-17(3,10-16)11-20-13-5-4-12(9-19)15(18)6-13/h4-6,14,20-21H,7-8,10-11H2,1-3H3. The van der Waals surface area contributed by atoms with Crippen molar-refractivity contribution in [2.45, 2.75) is 46.1 Å². The number of hydrogen-bond acceptors (Lipinski definition) is 3. The fourth-order valence-corrected chi connectivity index (χ4v) is 3.74. The monoisotopic (exact) mass is 290 g/mol. The van der Waals surface area contributed by atoms with E-state index in [0.29, 0.717) is 12.2 Å². The molecular formula is C17H23FN2O. The first-order chi connectivity index (χ1) is 9.73. The van der Waals surface area contributed by atoms with Crippen LogP contribution in [0.4, 0.5) is 10.1 Å². The lowest BCUT2D eigenvalue weighted by Gasteiger charge is -2.45. The number of nitrogens with zero attached hydrogens (tertiary/aromatic N) is 1. The first-order valence-corrected chi connectivity index (χ1v) is 7.35. The normalized spacial score (nSPS) is 27.9. The van der Waals surface area contributed by atoms with Gasteiger partial charge in [-0.2, -0.15) is 5.26 Å². The Hall–Kier alpha value is -1.60. The van der Waals surface area contributed by atoms with Gasteiger partial charge in [-0.1, -0.05) is 20.8 Å². The summed E-state index contributed by atoms with van der Waals surface area (Å²) in [6.45, 7) is 7.19. The van der Waals surface area contributed by atoms with E-state index in [-0.39, 0.29) is 22.5 Å². The van der Waals surface area contributed by atoms with E-state index in [9.17, 15) is 9.50 Å². The molecule has 114 valence electrons. The zero-order valence-electron chi connectivity index (χ0n) is 12.9. The predicted octanol–water partition coefficient (Wildman–Crippen LogP) is 3.69. The van der Waals surface area contributed by atoms with Crippen LogP contribution in [-0.4, -0.2) is 17.8 Å². The summed E-state index contributed by atoms with van der Waals surface area (Å²) in [7, 11) is 0. The van der Waals surface area contributed by atoms with Crippen molar-refractivity contribution in [3.05, 3.63) is 29.6 Å². The van der Waals surface area contributed by atoms with E-state index < -0.39 is 5.82 Å². The average Bonchev–Trinajstić information content (AvgIpc) is 2.33. The predicted molar refractivity (Wildman–Crippen MR) is 81.4 cm³/mol. The molecule has 2 atom stereocenters. The first kappa shape index (κ1) is 15.8. The van der Waals surface area contributed by atoms with Crippen molar-refractivity contribution in [3.63, 3.8) is 0 Å². The summed E-state index contributed by atoms with van der Waals surface area (Å²) in [5, 5.41) is 22.0. The molecular weight excluding hydrogens is 267 g/mol. The Morgan fingerprint density at radius 2 is 2.10 bits per heavy atom. The van der Waals surface area contributed by atoms with Crippen molar-refractivity contribution >= 4 is 5.69 Å². The van der Waals surface area contributed by atoms with Crippen LogP contribution in [-0.2, 0) is 0 Å². The van der Waals surface area contributed by atoms with Gasteiger partial charge >= 0.3 is 0 Å². The van der Waals surface area contributed by atoms with Crippen LogP contribution in [0.25, 0.3) is 0 Å². The van der Waals surface area contributed by atoms with Gasteiger partial charge in [-0.25, -0.2) is 4.39 Å². The van der Waals surface area contributed by atoms with E-state index in [1.54, 1.807) is 6.07 Å². The summed E-state index contributed by atoms with van der Waals surface area (Å²) in [6, 6.07) is 6.37. The molecule has 0 saturated heterocycles. The van der Waals surface area contributed by atoms with Gasteiger partial charge in [0.05, 0.1) is 11.7 Å². The molecule has 2 rings (SSSR count). The number of nitrogens with one attached hydrogen (secondary N) is 1.